The number of nitrogen functional groups attached to an aromatic ring is 1. The number of amides is 1. The summed E-state index contributed by atoms with van der Waals surface area (Å²) in [6.45, 7) is 3.61. The van der Waals surface area contributed by atoms with Crippen LogP contribution in [0, 0.1) is 6.92 Å². The summed E-state index contributed by atoms with van der Waals surface area (Å²) >= 11 is 0. The molecule has 0 atom stereocenters. The lowest BCUT2D eigenvalue weighted by atomic mass is 10.1. The van der Waals surface area contributed by atoms with Crippen molar-refractivity contribution in [2.75, 3.05) is 18.9 Å². The maximum atomic E-state index is 11.7. The van der Waals surface area contributed by atoms with Crippen molar-refractivity contribution in [1.82, 2.24) is 15.3 Å². The lowest BCUT2D eigenvalue weighted by molar-refractivity contribution is -0.143. The van der Waals surface area contributed by atoms with Crippen LogP contribution in [0.5, 0.6) is 0 Å². The van der Waals surface area contributed by atoms with Gasteiger partial charge in [-0.3, -0.25) is 19.4 Å². The molecule has 8 nitrogen and oxygen atoms in total. The molecular formula is C14H22N4O4. The molecule has 1 aromatic heterocycles. The molecule has 0 saturated heterocycles. The van der Waals surface area contributed by atoms with E-state index < -0.39 is 5.97 Å². The molecule has 0 aliphatic heterocycles. The van der Waals surface area contributed by atoms with Gasteiger partial charge in [-0.2, -0.15) is 0 Å². The monoisotopic (exact) mass is 310 g/mol. The van der Waals surface area contributed by atoms with Crippen molar-refractivity contribution in [3.8, 4) is 0 Å². The van der Waals surface area contributed by atoms with Gasteiger partial charge >= 0.3 is 5.97 Å². The Bertz CT molecular complexity index is 583. The molecule has 0 spiro atoms. The molecule has 0 bridgehead atoms. The van der Waals surface area contributed by atoms with Crippen LogP contribution in [0.3, 0.4) is 0 Å². The van der Waals surface area contributed by atoms with Gasteiger partial charge in [0.15, 0.2) is 0 Å². The van der Waals surface area contributed by atoms with Gasteiger partial charge in [0.1, 0.15) is 6.54 Å². The SMILES string of the molecule is CCOC(=O)CNC(=O)CCCCc1c(C)nc(N)[nH]c1=O. The molecular weight excluding hydrogens is 288 g/mol. The highest BCUT2D eigenvalue weighted by atomic mass is 16.5. The molecule has 0 unspecified atom stereocenters. The van der Waals surface area contributed by atoms with E-state index in [0.717, 1.165) is 0 Å². The maximum Gasteiger partial charge on any atom is 0.325 e. The third-order valence-corrected chi connectivity index (χ3v) is 3.06. The standard InChI is InChI=1S/C14H22N4O4/c1-3-22-12(20)8-16-11(19)7-5-4-6-10-9(2)17-14(15)18-13(10)21/h3-8H2,1-2H3,(H,16,19)(H3,15,17,18,21). The molecule has 8 heteroatoms. The van der Waals surface area contributed by atoms with Crippen LogP contribution >= 0.6 is 0 Å². The Morgan fingerprint density at radius 1 is 1.36 bits per heavy atom. The quantitative estimate of drug-likeness (QED) is 0.460. The Balaban J connectivity index is 2.30. The Kier molecular flexibility index (Phi) is 7.07. The van der Waals surface area contributed by atoms with Crippen LogP contribution in [0.2, 0.25) is 0 Å². The summed E-state index contributed by atoms with van der Waals surface area (Å²) in [5.74, 6) is -0.565. The van der Waals surface area contributed by atoms with Gasteiger partial charge in [0.05, 0.1) is 6.61 Å². The number of rotatable bonds is 8. The van der Waals surface area contributed by atoms with Gasteiger partial charge < -0.3 is 15.8 Å². The number of hydrogen-bond donors (Lipinski definition) is 3. The van der Waals surface area contributed by atoms with Crippen LogP contribution in [0.15, 0.2) is 4.79 Å². The largest absolute Gasteiger partial charge is 0.465 e. The summed E-state index contributed by atoms with van der Waals surface area (Å²) in [6, 6.07) is 0. The zero-order valence-electron chi connectivity index (χ0n) is 12.9. The number of nitrogens with zero attached hydrogens (tertiary/aromatic N) is 1. The first kappa shape index (κ1) is 17.7. The minimum atomic E-state index is -0.453. The van der Waals surface area contributed by atoms with E-state index in [2.05, 4.69) is 15.3 Å². The van der Waals surface area contributed by atoms with Crippen molar-refractivity contribution in [3.63, 3.8) is 0 Å². The zero-order chi connectivity index (χ0) is 16.5. The normalized spacial score (nSPS) is 10.3. The number of nitrogens with one attached hydrogen (secondary N) is 2. The predicted octanol–water partition coefficient (Wildman–Crippen LogP) is 0.0526. The van der Waals surface area contributed by atoms with Crippen molar-refractivity contribution in [2.24, 2.45) is 0 Å². The zero-order valence-corrected chi connectivity index (χ0v) is 12.9. The van der Waals surface area contributed by atoms with Gasteiger partial charge in [0.25, 0.3) is 5.56 Å². The summed E-state index contributed by atoms with van der Waals surface area (Å²) in [5, 5.41) is 2.49. The van der Waals surface area contributed by atoms with Crippen LogP contribution in [-0.4, -0.2) is 35.0 Å². The number of unbranched alkanes of at least 4 members (excludes halogenated alkanes) is 1. The number of aromatic nitrogens is 2. The molecule has 1 amide bonds. The lowest BCUT2D eigenvalue weighted by Crippen LogP contribution is -2.30. The van der Waals surface area contributed by atoms with E-state index >= 15 is 0 Å². The Hall–Kier alpha value is -2.38. The van der Waals surface area contributed by atoms with Gasteiger partial charge in [-0.1, -0.05) is 0 Å². The molecule has 122 valence electrons. The van der Waals surface area contributed by atoms with Crippen LogP contribution in [0.25, 0.3) is 0 Å². The number of aromatic amines is 1. The third-order valence-electron chi connectivity index (χ3n) is 3.06. The van der Waals surface area contributed by atoms with Gasteiger partial charge in [0.2, 0.25) is 11.9 Å². The number of aryl methyl sites for hydroxylation is 1. The van der Waals surface area contributed by atoms with Gasteiger partial charge in [-0.25, -0.2) is 4.98 Å². The second-order valence-electron chi connectivity index (χ2n) is 4.80. The second-order valence-corrected chi connectivity index (χ2v) is 4.80. The number of ether oxygens (including phenoxy) is 1. The van der Waals surface area contributed by atoms with Crippen molar-refractivity contribution in [2.45, 2.75) is 39.5 Å². The molecule has 1 rings (SSSR count). The van der Waals surface area contributed by atoms with Crippen LogP contribution in [0.1, 0.15) is 37.4 Å². The van der Waals surface area contributed by atoms with Gasteiger partial charge in [-0.05, 0) is 33.1 Å². The topological polar surface area (TPSA) is 127 Å². The molecule has 0 saturated carbocycles. The average Bonchev–Trinajstić information content (AvgIpc) is 2.43. The number of nitrogens with two attached hydrogens (primary N) is 1. The molecule has 22 heavy (non-hydrogen) atoms. The first-order valence-corrected chi connectivity index (χ1v) is 7.21. The lowest BCUT2D eigenvalue weighted by Gasteiger charge is -2.06. The summed E-state index contributed by atoms with van der Waals surface area (Å²) in [5.41, 5.74) is 6.39. The molecule has 0 fully saturated rings. The molecule has 0 aliphatic carbocycles. The Morgan fingerprint density at radius 2 is 2.09 bits per heavy atom. The smallest absolute Gasteiger partial charge is 0.325 e. The minimum Gasteiger partial charge on any atom is -0.465 e. The fourth-order valence-electron chi connectivity index (χ4n) is 1.99. The number of carbonyl (C=O) groups is 2. The number of anilines is 1. The van der Waals surface area contributed by atoms with Crippen molar-refractivity contribution >= 4 is 17.8 Å². The second kappa shape index (κ2) is 8.81. The summed E-state index contributed by atoms with van der Waals surface area (Å²) in [6.07, 6.45) is 2.10. The molecule has 0 radical (unpaired) electrons. The minimum absolute atomic E-state index is 0.101. The van der Waals surface area contributed by atoms with Crippen molar-refractivity contribution in [3.05, 3.63) is 21.6 Å². The van der Waals surface area contributed by atoms with Crippen molar-refractivity contribution < 1.29 is 14.3 Å². The first-order valence-electron chi connectivity index (χ1n) is 7.21. The number of esters is 1. The van der Waals surface area contributed by atoms with E-state index in [0.29, 0.717) is 36.9 Å². The summed E-state index contributed by atoms with van der Waals surface area (Å²) in [4.78, 5) is 40.8. The van der Waals surface area contributed by atoms with E-state index in [-0.39, 0.29) is 30.6 Å². The summed E-state index contributed by atoms with van der Waals surface area (Å²) < 4.78 is 4.70. The van der Waals surface area contributed by atoms with E-state index in [9.17, 15) is 14.4 Å². The predicted molar refractivity (Wildman–Crippen MR) is 81.2 cm³/mol. The average molecular weight is 310 g/mol. The fourth-order valence-corrected chi connectivity index (χ4v) is 1.99. The number of hydrogen-bond acceptors (Lipinski definition) is 6. The van der Waals surface area contributed by atoms with E-state index in [1.165, 1.54) is 0 Å². The van der Waals surface area contributed by atoms with Gasteiger partial charge in [0, 0.05) is 17.7 Å². The molecule has 0 aliphatic rings. The Morgan fingerprint density at radius 3 is 2.73 bits per heavy atom. The molecule has 1 heterocycles. The van der Waals surface area contributed by atoms with E-state index in [1.54, 1.807) is 13.8 Å². The molecule has 0 aromatic carbocycles. The van der Waals surface area contributed by atoms with Gasteiger partial charge in [-0.15, -0.1) is 0 Å². The Labute approximate surface area is 128 Å². The highest BCUT2D eigenvalue weighted by Crippen LogP contribution is 2.06. The highest BCUT2D eigenvalue weighted by molar-refractivity contribution is 5.81. The van der Waals surface area contributed by atoms with Crippen LogP contribution < -0.4 is 16.6 Å². The molecule has 1 aromatic rings. The van der Waals surface area contributed by atoms with Crippen LogP contribution in [0.4, 0.5) is 5.95 Å². The molecule has 4 N–H and O–H groups in total. The fraction of sp³-hybridized carbons (Fsp3) is 0.571. The number of carbonyl (C=O) groups excluding carboxylic acids is 2. The highest BCUT2D eigenvalue weighted by Gasteiger charge is 2.08. The van der Waals surface area contributed by atoms with E-state index in [4.69, 9.17) is 10.5 Å². The first-order chi connectivity index (χ1) is 10.4. The third kappa shape index (κ3) is 5.94. The van der Waals surface area contributed by atoms with E-state index in [1.807, 2.05) is 0 Å². The number of H-pyrrole nitrogens is 1. The maximum absolute atomic E-state index is 11.7. The van der Waals surface area contributed by atoms with Crippen molar-refractivity contribution in [1.29, 1.82) is 0 Å². The summed E-state index contributed by atoms with van der Waals surface area (Å²) in [7, 11) is 0. The van der Waals surface area contributed by atoms with Crippen LogP contribution in [-0.2, 0) is 20.7 Å².